The number of carbonyl (C=O) groups is 1. The third-order valence-electron chi connectivity index (χ3n) is 3.81. The van der Waals surface area contributed by atoms with Gasteiger partial charge in [0.05, 0.1) is 0 Å². The third-order valence-corrected chi connectivity index (χ3v) is 3.81. The molecule has 0 saturated carbocycles. The Morgan fingerprint density at radius 1 is 1.42 bits per heavy atom. The molecule has 0 unspecified atom stereocenters. The van der Waals surface area contributed by atoms with Crippen LogP contribution in [0.2, 0.25) is 0 Å². The molecule has 1 heterocycles. The highest BCUT2D eigenvalue weighted by Gasteiger charge is 2.21. The molecular weight excluding hydrogens is 245 g/mol. The number of rotatable bonds is 4. The van der Waals surface area contributed by atoms with Gasteiger partial charge in [0.25, 0.3) is 0 Å². The van der Waals surface area contributed by atoms with Crippen LogP contribution < -0.4 is 0 Å². The second-order valence-electron chi connectivity index (χ2n) is 5.40. The molecule has 1 N–H and O–H groups in total. The fourth-order valence-corrected chi connectivity index (χ4v) is 2.59. The van der Waals surface area contributed by atoms with E-state index >= 15 is 0 Å². The molecule has 0 spiro atoms. The molecule has 0 amide bonds. The van der Waals surface area contributed by atoms with Gasteiger partial charge in [-0.25, -0.2) is 4.39 Å². The van der Waals surface area contributed by atoms with Gasteiger partial charge in [0.2, 0.25) is 0 Å². The molecule has 0 radical (unpaired) electrons. The molecule has 4 heteroatoms. The number of carboxylic acid groups (broad SMARTS) is 1. The van der Waals surface area contributed by atoms with Crippen LogP contribution in [0.5, 0.6) is 0 Å². The van der Waals surface area contributed by atoms with Crippen molar-refractivity contribution in [3.05, 3.63) is 35.1 Å². The molecule has 0 atom stereocenters. The first-order valence-electron chi connectivity index (χ1n) is 6.74. The van der Waals surface area contributed by atoms with Crippen molar-refractivity contribution in [1.29, 1.82) is 0 Å². The van der Waals surface area contributed by atoms with Gasteiger partial charge >= 0.3 is 5.97 Å². The molecule has 1 saturated heterocycles. The van der Waals surface area contributed by atoms with E-state index in [4.69, 9.17) is 5.11 Å². The summed E-state index contributed by atoms with van der Waals surface area (Å²) in [6.45, 7) is 4.30. The van der Waals surface area contributed by atoms with Crippen molar-refractivity contribution in [3.63, 3.8) is 0 Å². The van der Waals surface area contributed by atoms with Gasteiger partial charge in [0.1, 0.15) is 5.82 Å². The van der Waals surface area contributed by atoms with Gasteiger partial charge in [-0.05, 0) is 56.0 Å². The zero-order chi connectivity index (χ0) is 13.8. The highest BCUT2D eigenvalue weighted by atomic mass is 19.1. The van der Waals surface area contributed by atoms with Crippen LogP contribution in [0.4, 0.5) is 4.39 Å². The minimum atomic E-state index is -0.709. The quantitative estimate of drug-likeness (QED) is 0.910. The van der Waals surface area contributed by atoms with Crippen LogP contribution in [0, 0.1) is 18.7 Å². The summed E-state index contributed by atoms with van der Waals surface area (Å²) < 4.78 is 13.5. The van der Waals surface area contributed by atoms with Crippen LogP contribution in [-0.2, 0) is 11.3 Å². The van der Waals surface area contributed by atoms with E-state index in [1.54, 1.807) is 13.0 Å². The number of nitrogens with zero attached hydrogens (tertiary/aromatic N) is 1. The Hall–Kier alpha value is -1.42. The maximum atomic E-state index is 13.5. The number of hydrogen-bond acceptors (Lipinski definition) is 2. The SMILES string of the molecule is Cc1ccc(CN2CCC(CC(=O)O)CC2)cc1F. The maximum Gasteiger partial charge on any atom is 0.303 e. The van der Waals surface area contributed by atoms with E-state index in [0.717, 1.165) is 38.0 Å². The Balaban J connectivity index is 1.85. The molecule has 104 valence electrons. The van der Waals surface area contributed by atoms with Crippen molar-refractivity contribution in [2.24, 2.45) is 5.92 Å². The highest BCUT2D eigenvalue weighted by molar-refractivity contribution is 5.67. The number of carboxylic acids is 1. The molecular formula is C15H20FNO2. The zero-order valence-corrected chi connectivity index (χ0v) is 11.2. The summed E-state index contributed by atoms with van der Waals surface area (Å²) in [6, 6.07) is 5.36. The predicted molar refractivity (Wildman–Crippen MR) is 71.4 cm³/mol. The lowest BCUT2D eigenvalue weighted by atomic mass is 9.93. The number of likely N-dealkylation sites (tertiary alicyclic amines) is 1. The molecule has 0 aliphatic carbocycles. The summed E-state index contributed by atoms with van der Waals surface area (Å²) in [5.41, 5.74) is 1.66. The van der Waals surface area contributed by atoms with Crippen molar-refractivity contribution in [3.8, 4) is 0 Å². The molecule has 0 bridgehead atoms. The Morgan fingerprint density at radius 2 is 2.11 bits per heavy atom. The van der Waals surface area contributed by atoms with E-state index < -0.39 is 5.97 Å². The standard InChI is InChI=1S/C15H20FNO2/c1-11-2-3-13(8-14(11)16)10-17-6-4-12(5-7-17)9-15(18)19/h2-3,8,12H,4-7,9-10H2,1H3,(H,18,19). The van der Waals surface area contributed by atoms with Crippen LogP contribution in [0.25, 0.3) is 0 Å². The van der Waals surface area contributed by atoms with Crippen molar-refractivity contribution in [1.82, 2.24) is 4.90 Å². The maximum absolute atomic E-state index is 13.5. The van der Waals surface area contributed by atoms with Crippen molar-refractivity contribution in [2.75, 3.05) is 13.1 Å². The average Bonchev–Trinajstić information content (AvgIpc) is 2.36. The highest BCUT2D eigenvalue weighted by Crippen LogP contribution is 2.22. The molecule has 1 aliphatic heterocycles. The number of piperidine rings is 1. The van der Waals surface area contributed by atoms with Crippen molar-refractivity contribution >= 4 is 5.97 Å². The Morgan fingerprint density at radius 3 is 2.68 bits per heavy atom. The summed E-state index contributed by atoms with van der Waals surface area (Å²) in [5, 5.41) is 8.77. The first kappa shape index (κ1) is 14.0. The topological polar surface area (TPSA) is 40.5 Å². The average molecular weight is 265 g/mol. The Labute approximate surface area is 113 Å². The van der Waals surface area contributed by atoms with Gasteiger partial charge in [0.15, 0.2) is 0 Å². The molecule has 19 heavy (non-hydrogen) atoms. The zero-order valence-electron chi connectivity index (χ0n) is 11.2. The smallest absolute Gasteiger partial charge is 0.303 e. The summed E-state index contributed by atoms with van der Waals surface area (Å²) in [6.07, 6.45) is 2.11. The van der Waals surface area contributed by atoms with E-state index in [1.807, 2.05) is 12.1 Å². The fraction of sp³-hybridized carbons (Fsp3) is 0.533. The number of benzene rings is 1. The lowest BCUT2D eigenvalue weighted by Gasteiger charge is -2.31. The number of hydrogen-bond donors (Lipinski definition) is 1. The van der Waals surface area contributed by atoms with E-state index in [-0.39, 0.29) is 12.2 Å². The molecule has 1 aromatic rings. The number of aliphatic carboxylic acids is 1. The van der Waals surface area contributed by atoms with Gasteiger partial charge in [-0.2, -0.15) is 0 Å². The van der Waals surface area contributed by atoms with Crippen LogP contribution in [0.15, 0.2) is 18.2 Å². The van der Waals surface area contributed by atoms with Crippen LogP contribution in [0.3, 0.4) is 0 Å². The molecule has 3 nitrogen and oxygen atoms in total. The molecule has 0 aromatic heterocycles. The molecule has 1 fully saturated rings. The van der Waals surface area contributed by atoms with E-state index in [0.29, 0.717) is 11.5 Å². The van der Waals surface area contributed by atoms with E-state index in [1.165, 1.54) is 0 Å². The normalized spacial score (nSPS) is 17.6. The van der Waals surface area contributed by atoms with Gasteiger partial charge in [-0.1, -0.05) is 12.1 Å². The Bertz CT molecular complexity index is 453. The van der Waals surface area contributed by atoms with Crippen LogP contribution in [-0.4, -0.2) is 29.1 Å². The summed E-state index contributed by atoms with van der Waals surface area (Å²) in [7, 11) is 0. The second-order valence-corrected chi connectivity index (χ2v) is 5.40. The van der Waals surface area contributed by atoms with Gasteiger partial charge in [0, 0.05) is 13.0 Å². The predicted octanol–water partition coefficient (Wildman–Crippen LogP) is 2.82. The number of aryl methyl sites for hydroxylation is 1. The van der Waals surface area contributed by atoms with E-state index in [2.05, 4.69) is 4.90 Å². The summed E-state index contributed by atoms with van der Waals surface area (Å²) in [5.74, 6) is -0.569. The lowest BCUT2D eigenvalue weighted by Crippen LogP contribution is -2.33. The van der Waals surface area contributed by atoms with Gasteiger partial charge in [-0.3, -0.25) is 9.69 Å². The summed E-state index contributed by atoms with van der Waals surface area (Å²) >= 11 is 0. The van der Waals surface area contributed by atoms with Crippen molar-refractivity contribution < 1.29 is 14.3 Å². The minimum absolute atomic E-state index is 0.154. The largest absolute Gasteiger partial charge is 0.481 e. The summed E-state index contributed by atoms with van der Waals surface area (Å²) in [4.78, 5) is 12.9. The molecule has 1 aromatic carbocycles. The van der Waals surface area contributed by atoms with Crippen LogP contribution >= 0.6 is 0 Å². The van der Waals surface area contributed by atoms with Gasteiger partial charge in [-0.15, -0.1) is 0 Å². The van der Waals surface area contributed by atoms with Crippen molar-refractivity contribution in [2.45, 2.75) is 32.7 Å². The first-order chi connectivity index (χ1) is 9.04. The monoisotopic (exact) mass is 265 g/mol. The molecule has 2 rings (SSSR count). The lowest BCUT2D eigenvalue weighted by molar-refractivity contribution is -0.138. The minimum Gasteiger partial charge on any atom is -0.481 e. The van der Waals surface area contributed by atoms with Crippen LogP contribution in [0.1, 0.15) is 30.4 Å². The van der Waals surface area contributed by atoms with Gasteiger partial charge < -0.3 is 5.11 Å². The fourth-order valence-electron chi connectivity index (χ4n) is 2.59. The number of halogens is 1. The third kappa shape index (κ3) is 4.03. The Kier molecular flexibility index (Phi) is 4.53. The van der Waals surface area contributed by atoms with E-state index in [9.17, 15) is 9.18 Å². The first-order valence-corrected chi connectivity index (χ1v) is 6.74. The second kappa shape index (κ2) is 6.15. The molecule has 1 aliphatic rings.